The number of nitrogens with zero attached hydrogens (tertiary/aromatic N) is 3. The van der Waals surface area contributed by atoms with E-state index in [4.69, 9.17) is 5.73 Å². The van der Waals surface area contributed by atoms with Gasteiger partial charge in [-0.05, 0) is 36.6 Å². The van der Waals surface area contributed by atoms with Crippen LogP contribution in [0.2, 0.25) is 0 Å². The van der Waals surface area contributed by atoms with Gasteiger partial charge < -0.3 is 15.2 Å². The lowest BCUT2D eigenvalue weighted by atomic mass is 10.0. The third-order valence-electron chi connectivity index (χ3n) is 4.74. The molecule has 5 nitrogen and oxygen atoms in total. The van der Waals surface area contributed by atoms with Crippen molar-refractivity contribution in [3.05, 3.63) is 52.6 Å². The van der Waals surface area contributed by atoms with Crippen molar-refractivity contribution in [2.24, 2.45) is 5.73 Å². The lowest BCUT2D eigenvalue weighted by Crippen LogP contribution is -2.41. The molecule has 2 N–H and O–H groups in total. The molecule has 1 aromatic carbocycles. The Labute approximate surface area is 157 Å². The minimum absolute atomic E-state index is 0.0118. The first kappa shape index (κ1) is 20.2. The smallest absolute Gasteiger partial charge is 0.335 e. The Bertz CT molecular complexity index is 893. The summed E-state index contributed by atoms with van der Waals surface area (Å²) in [5, 5.41) is 0. The molecule has 1 unspecified atom stereocenters. The summed E-state index contributed by atoms with van der Waals surface area (Å²) in [5.74, 6) is -2.49. The molecule has 0 spiro atoms. The molecule has 0 bridgehead atoms. The lowest BCUT2D eigenvalue weighted by Gasteiger charge is -2.30. The van der Waals surface area contributed by atoms with Gasteiger partial charge in [-0.2, -0.15) is 13.2 Å². The molecule has 1 atom stereocenters. The average molecular weight is 402 g/mol. The van der Waals surface area contributed by atoms with Crippen molar-refractivity contribution in [2.45, 2.75) is 45.1 Å². The molecule has 1 aromatic heterocycles. The van der Waals surface area contributed by atoms with Crippen LogP contribution in [0.3, 0.4) is 0 Å². The predicted octanol–water partition coefficient (Wildman–Crippen LogP) is 2.79. The second kappa shape index (κ2) is 7.50. The molecule has 0 aliphatic carbocycles. The number of halogens is 5. The van der Waals surface area contributed by atoms with Gasteiger partial charge in [-0.3, -0.25) is 4.79 Å². The molecule has 1 aliphatic rings. The Hall–Kier alpha value is -2.49. The molecular weight excluding hydrogens is 383 g/mol. The molecule has 2 aromatic rings. The molecule has 152 valence electrons. The number of carbonyl (C=O) groups excluding carboxylic acids is 1. The number of rotatable bonds is 4. The first-order valence-corrected chi connectivity index (χ1v) is 8.65. The second-order valence-corrected chi connectivity index (χ2v) is 6.90. The number of alkyl halides is 3. The number of hydrogen-bond acceptors (Lipinski definition) is 3. The number of fused-ring (bicyclic) bond motifs is 1. The van der Waals surface area contributed by atoms with Crippen molar-refractivity contribution in [1.82, 2.24) is 14.5 Å². The van der Waals surface area contributed by atoms with E-state index in [1.165, 1.54) is 11.8 Å². The summed E-state index contributed by atoms with van der Waals surface area (Å²) < 4.78 is 67.3. The number of carbonyl (C=O) groups is 1. The normalized spacial score (nSPS) is 15.5. The van der Waals surface area contributed by atoms with Crippen LogP contribution >= 0.6 is 0 Å². The van der Waals surface area contributed by atoms with Crippen molar-refractivity contribution < 1.29 is 26.7 Å². The largest absolute Gasteiger partial charge is 0.449 e. The topological polar surface area (TPSA) is 64.2 Å². The quantitative estimate of drug-likeness (QED) is 0.800. The highest BCUT2D eigenvalue weighted by atomic mass is 19.4. The first-order valence-electron chi connectivity index (χ1n) is 8.65. The molecule has 0 saturated heterocycles. The Morgan fingerprint density at radius 1 is 1.25 bits per heavy atom. The van der Waals surface area contributed by atoms with Crippen LogP contribution in [-0.4, -0.2) is 32.9 Å². The maximum atomic E-state index is 13.9. The molecule has 2 heterocycles. The maximum Gasteiger partial charge on any atom is 0.449 e. The Morgan fingerprint density at radius 2 is 1.96 bits per heavy atom. The molecule has 1 amide bonds. The number of aryl methyl sites for hydroxylation is 1. The SMILES string of the molecule is Cc1cc(F)c(CC(N)CC(=O)N2CCn3c(cnc3C(F)(F)F)C2)cc1F. The van der Waals surface area contributed by atoms with Crippen LogP contribution in [0.4, 0.5) is 22.0 Å². The van der Waals surface area contributed by atoms with E-state index >= 15 is 0 Å². The van der Waals surface area contributed by atoms with Gasteiger partial charge in [0.05, 0.1) is 18.4 Å². The van der Waals surface area contributed by atoms with Crippen molar-refractivity contribution in [3.8, 4) is 0 Å². The molecular formula is C18H19F5N4O. The van der Waals surface area contributed by atoms with Gasteiger partial charge in [-0.15, -0.1) is 0 Å². The summed E-state index contributed by atoms with van der Waals surface area (Å²) in [7, 11) is 0. The van der Waals surface area contributed by atoms with Crippen LogP contribution in [0, 0.1) is 18.6 Å². The molecule has 0 radical (unpaired) electrons. The van der Waals surface area contributed by atoms with E-state index in [1.807, 2.05) is 0 Å². The van der Waals surface area contributed by atoms with Crippen LogP contribution in [-0.2, 0) is 30.5 Å². The summed E-state index contributed by atoms with van der Waals surface area (Å²) in [6.45, 7) is 1.49. The van der Waals surface area contributed by atoms with E-state index in [2.05, 4.69) is 4.98 Å². The molecule has 10 heteroatoms. The van der Waals surface area contributed by atoms with Gasteiger partial charge in [0.25, 0.3) is 0 Å². The zero-order valence-electron chi connectivity index (χ0n) is 15.1. The summed E-state index contributed by atoms with van der Waals surface area (Å²) in [6.07, 6.45) is -3.61. The van der Waals surface area contributed by atoms with E-state index in [0.29, 0.717) is 0 Å². The fourth-order valence-electron chi connectivity index (χ4n) is 3.27. The molecule has 28 heavy (non-hydrogen) atoms. The van der Waals surface area contributed by atoms with Gasteiger partial charge in [-0.25, -0.2) is 13.8 Å². The van der Waals surface area contributed by atoms with Gasteiger partial charge in [-0.1, -0.05) is 0 Å². The maximum absolute atomic E-state index is 13.9. The highest BCUT2D eigenvalue weighted by molar-refractivity contribution is 5.77. The van der Waals surface area contributed by atoms with Crippen LogP contribution < -0.4 is 5.73 Å². The second-order valence-electron chi connectivity index (χ2n) is 6.90. The van der Waals surface area contributed by atoms with Crippen LogP contribution in [0.15, 0.2) is 18.3 Å². The van der Waals surface area contributed by atoms with Crippen LogP contribution in [0.25, 0.3) is 0 Å². The zero-order chi connectivity index (χ0) is 20.6. The number of aromatic nitrogens is 2. The Balaban J connectivity index is 1.63. The number of imidazole rings is 1. The van der Waals surface area contributed by atoms with E-state index in [0.717, 1.165) is 22.9 Å². The molecule has 3 rings (SSSR count). The minimum atomic E-state index is -4.56. The fraction of sp³-hybridized carbons (Fsp3) is 0.444. The van der Waals surface area contributed by atoms with E-state index in [1.54, 1.807) is 0 Å². The van der Waals surface area contributed by atoms with Crippen molar-refractivity contribution in [1.29, 1.82) is 0 Å². The summed E-state index contributed by atoms with van der Waals surface area (Å²) >= 11 is 0. The number of nitrogens with two attached hydrogens (primary N) is 1. The first-order chi connectivity index (χ1) is 13.1. The highest BCUT2D eigenvalue weighted by Gasteiger charge is 2.38. The highest BCUT2D eigenvalue weighted by Crippen LogP contribution is 2.30. The number of benzene rings is 1. The molecule has 1 aliphatic heterocycles. The lowest BCUT2D eigenvalue weighted by molar-refractivity contribution is -0.148. The molecule has 0 fully saturated rings. The van der Waals surface area contributed by atoms with Gasteiger partial charge >= 0.3 is 6.18 Å². The number of hydrogen-bond donors (Lipinski definition) is 1. The summed E-state index contributed by atoms with van der Waals surface area (Å²) in [6, 6.07) is 1.39. The van der Waals surface area contributed by atoms with Crippen molar-refractivity contribution >= 4 is 5.91 Å². The molecule has 0 saturated carbocycles. The van der Waals surface area contributed by atoms with Gasteiger partial charge in [0, 0.05) is 25.6 Å². The minimum Gasteiger partial charge on any atom is -0.335 e. The standard InChI is InChI=1S/C18H19F5N4O/c1-10-4-15(20)11(6-14(10)19)5-12(24)7-16(28)26-2-3-27-13(9-26)8-25-17(27)18(21,22)23/h4,6,8,12H,2-3,5,7,9,24H2,1H3. The Kier molecular flexibility index (Phi) is 5.42. The summed E-state index contributed by atoms with van der Waals surface area (Å²) in [5.41, 5.74) is 6.46. The van der Waals surface area contributed by atoms with Gasteiger partial charge in [0.15, 0.2) is 0 Å². The summed E-state index contributed by atoms with van der Waals surface area (Å²) in [4.78, 5) is 17.2. The third kappa shape index (κ3) is 4.16. The third-order valence-corrected chi connectivity index (χ3v) is 4.74. The average Bonchev–Trinajstić information content (AvgIpc) is 3.03. The zero-order valence-corrected chi connectivity index (χ0v) is 15.1. The number of amides is 1. The predicted molar refractivity (Wildman–Crippen MR) is 90.0 cm³/mol. The van der Waals surface area contributed by atoms with E-state index in [-0.39, 0.29) is 55.2 Å². The van der Waals surface area contributed by atoms with Crippen molar-refractivity contribution in [3.63, 3.8) is 0 Å². The van der Waals surface area contributed by atoms with Crippen molar-refractivity contribution in [2.75, 3.05) is 6.54 Å². The van der Waals surface area contributed by atoms with E-state index in [9.17, 15) is 26.7 Å². The van der Waals surface area contributed by atoms with E-state index < -0.39 is 29.7 Å². The van der Waals surface area contributed by atoms with Gasteiger partial charge in [0.2, 0.25) is 11.7 Å². The fourth-order valence-corrected chi connectivity index (χ4v) is 3.27. The van der Waals surface area contributed by atoms with Crippen LogP contribution in [0.1, 0.15) is 29.1 Å². The Morgan fingerprint density at radius 3 is 2.64 bits per heavy atom. The monoisotopic (exact) mass is 402 g/mol. The van der Waals surface area contributed by atoms with Gasteiger partial charge in [0.1, 0.15) is 11.6 Å². The van der Waals surface area contributed by atoms with Crippen LogP contribution in [0.5, 0.6) is 0 Å².